The molecule has 0 radical (unpaired) electrons. The summed E-state index contributed by atoms with van der Waals surface area (Å²) < 4.78 is 5.88. The van der Waals surface area contributed by atoms with Crippen LogP contribution in [-0.4, -0.2) is 17.6 Å². The summed E-state index contributed by atoms with van der Waals surface area (Å²) in [6.45, 7) is 1.57. The van der Waals surface area contributed by atoms with E-state index in [-0.39, 0.29) is 11.2 Å². The van der Waals surface area contributed by atoms with Crippen LogP contribution in [0, 0.1) is 4.91 Å². The van der Waals surface area contributed by atoms with Crippen LogP contribution in [0.3, 0.4) is 0 Å². The highest BCUT2D eigenvalue weighted by Gasteiger charge is 2.17. The summed E-state index contributed by atoms with van der Waals surface area (Å²) >= 11 is 0. The van der Waals surface area contributed by atoms with E-state index in [1.807, 2.05) is 0 Å². The van der Waals surface area contributed by atoms with Crippen LogP contribution in [-0.2, 0) is 9.53 Å². The lowest BCUT2D eigenvalue weighted by Gasteiger charge is -2.13. The van der Waals surface area contributed by atoms with Crippen molar-refractivity contribution in [2.24, 2.45) is 5.18 Å². The molecule has 0 amide bonds. The van der Waals surface area contributed by atoms with Crippen LogP contribution in [0.1, 0.15) is 13.0 Å². The summed E-state index contributed by atoms with van der Waals surface area (Å²) in [5.74, 6) is -0.508. The summed E-state index contributed by atoms with van der Waals surface area (Å²) in [5.41, 5.74) is -0.159. The quantitative estimate of drug-likeness (QED) is 0.625. The molecule has 0 aliphatic rings. The smallest absolute Gasteiger partial charge is 0.328 e. The van der Waals surface area contributed by atoms with Gasteiger partial charge in [-0.05, 0) is 30.3 Å². The van der Waals surface area contributed by atoms with Gasteiger partial charge in [0, 0.05) is 17.0 Å². The van der Waals surface area contributed by atoms with Crippen molar-refractivity contribution >= 4 is 22.4 Å². The second-order valence-electron chi connectivity index (χ2n) is 4.06. The van der Waals surface area contributed by atoms with E-state index in [0.29, 0.717) is 10.8 Å². The Morgan fingerprint density at radius 1 is 1.32 bits per heavy atom. The fourth-order valence-corrected chi connectivity index (χ4v) is 1.94. The number of hydrogen-bond acceptors (Lipinski definition) is 5. The lowest BCUT2D eigenvalue weighted by atomic mass is 10.1. The van der Waals surface area contributed by atoms with Crippen LogP contribution >= 0.6 is 0 Å². The Morgan fingerprint density at radius 3 is 2.68 bits per heavy atom. The number of pyridine rings is 1. The highest BCUT2D eigenvalue weighted by atomic mass is 16.5. The molecule has 0 fully saturated rings. The highest BCUT2D eigenvalue weighted by molar-refractivity contribution is 5.91. The molecule has 0 spiro atoms. The molecule has 0 unspecified atom stereocenters. The number of nitroso groups, excluding NO2 is 1. The first-order valence-corrected chi connectivity index (χ1v) is 5.65. The summed E-state index contributed by atoms with van der Waals surface area (Å²) in [5, 5.41) is 3.69. The maximum absolute atomic E-state index is 12.3. The van der Waals surface area contributed by atoms with Gasteiger partial charge in [-0.3, -0.25) is 4.79 Å². The minimum atomic E-state index is -0.727. The standard InChI is InChI=1S/C13H12N2O4/c1-8(13(17)19-2)15-7-6-9-10(12(15)16)4-3-5-11(9)14-18/h3-8H,1-2H3/t8-/m1/s1. The van der Waals surface area contributed by atoms with Crippen molar-refractivity contribution in [2.45, 2.75) is 13.0 Å². The lowest BCUT2D eigenvalue weighted by molar-refractivity contribution is -0.144. The fourth-order valence-electron chi connectivity index (χ4n) is 1.94. The Kier molecular flexibility index (Phi) is 3.41. The zero-order valence-corrected chi connectivity index (χ0v) is 10.5. The molecule has 2 aromatic rings. The zero-order chi connectivity index (χ0) is 14.0. The van der Waals surface area contributed by atoms with E-state index in [9.17, 15) is 14.5 Å². The molecule has 0 saturated carbocycles. The summed E-state index contributed by atoms with van der Waals surface area (Å²) in [6, 6.07) is 5.56. The van der Waals surface area contributed by atoms with E-state index in [1.54, 1.807) is 25.1 Å². The van der Waals surface area contributed by atoms with Gasteiger partial charge in [-0.25, -0.2) is 4.79 Å². The van der Waals surface area contributed by atoms with Gasteiger partial charge >= 0.3 is 5.97 Å². The van der Waals surface area contributed by atoms with Gasteiger partial charge in [0.15, 0.2) is 0 Å². The molecule has 1 atom stereocenters. The molecular formula is C13H12N2O4. The maximum atomic E-state index is 12.3. The number of carbonyl (C=O) groups excluding carboxylic acids is 1. The molecule has 1 aromatic heterocycles. The number of esters is 1. The van der Waals surface area contributed by atoms with Crippen molar-refractivity contribution in [2.75, 3.05) is 7.11 Å². The van der Waals surface area contributed by atoms with Gasteiger partial charge < -0.3 is 9.30 Å². The third-order valence-corrected chi connectivity index (χ3v) is 3.01. The molecule has 19 heavy (non-hydrogen) atoms. The van der Waals surface area contributed by atoms with E-state index in [1.165, 1.54) is 23.9 Å². The van der Waals surface area contributed by atoms with Crippen molar-refractivity contribution in [3.63, 3.8) is 0 Å². The van der Waals surface area contributed by atoms with Crippen LogP contribution < -0.4 is 5.56 Å². The first kappa shape index (κ1) is 12.9. The minimum Gasteiger partial charge on any atom is -0.467 e. The van der Waals surface area contributed by atoms with Gasteiger partial charge in [0.1, 0.15) is 11.7 Å². The average molecular weight is 260 g/mol. The molecule has 2 rings (SSSR count). The topological polar surface area (TPSA) is 77.7 Å². The number of methoxy groups -OCH3 is 1. The minimum absolute atomic E-state index is 0.201. The van der Waals surface area contributed by atoms with Crippen molar-refractivity contribution in [1.82, 2.24) is 4.57 Å². The van der Waals surface area contributed by atoms with E-state index in [0.717, 1.165) is 0 Å². The van der Waals surface area contributed by atoms with Crippen molar-refractivity contribution in [1.29, 1.82) is 0 Å². The zero-order valence-electron chi connectivity index (χ0n) is 10.5. The number of hydrogen-bond donors (Lipinski definition) is 0. The van der Waals surface area contributed by atoms with Crippen LogP contribution in [0.2, 0.25) is 0 Å². The Hall–Kier alpha value is -2.50. The highest BCUT2D eigenvalue weighted by Crippen LogP contribution is 2.23. The van der Waals surface area contributed by atoms with E-state index in [2.05, 4.69) is 9.91 Å². The third-order valence-electron chi connectivity index (χ3n) is 3.01. The SMILES string of the molecule is COC(=O)[C@@H](C)n1ccc2c(N=O)cccc2c1=O. The second-order valence-corrected chi connectivity index (χ2v) is 4.06. The van der Waals surface area contributed by atoms with Gasteiger partial charge in [0.2, 0.25) is 0 Å². The third kappa shape index (κ3) is 2.12. The molecule has 6 nitrogen and oxygen atoms in total. The summed E-state index contributed by atoms with van der Waals surface area (Å²) in [7, 11) is 1.26. The van der Waals surface area contributed by atoms with Gasteiger partial charge in [-0.15, -0.1) is 4.91 Å². The molecule has 6 heteroatoms. The molecular weight excluding hydrogens is 248 g/mol. The fraction of sp³-hybridized carbons (Fsp3) is 0.231. The van der Waals surface area contributed by atoms with Crippen LogP contribution in [0.15, 0.2) is 40.4 Å². The normalized spacial score (nSPS) is 12.1. The second kappa shape index (κ2) is 5.01. The molecule has 98 valence electrons. The van der Waals surface area contributed by atoms with Gasteiger partial charge in [-0.1, -0.05) is 6.07 Å². The average Bonchev–Trinajstić information content (AvgIpc) is 2.45. The Labute approximate surface area is 108 Å². The van der Waals surface area contributed by atoms with Crippen LogP contribution in [0.4, 0.5) is 5.69 Å². The number of carbonyl (C=O) groups is 1. The summed E-state index contributed by atoms with van der Waals surface area (Å²) in [6.07, 6.45) is 1.46. The largest absolute Gasteiger partial charge is 0.467 e. The van der Waals surface area contributed by atoms with E-state index < -0.39 is 12.0 Å². The molecule has 1 aromatic carbocycles. The van der Waals surface area contributed by atoms with Gasteiger partial charge in [-0.2, -0.15) is 0 Å². The molecule has 0 aliphatic heterocycles. The summed E-state index contributed by atoms with van der Waals surface area (Å²) in [4.78, 5) is 34.4. The van der Waals surface area contributed by atoms with Crippen LogP contribution in [0.5, 0.6) is 0 Å². The predicted molar refractivity (Wildman–Crippen MR) is 70.4 cm³/mol. The van der Waals surface area contributed by atoms with Crippen molar-refractivity contribution < 1.29 is 9.53 Å². The Bertz CT molecular complexity index is 705. The van der Waals surface area contributed by atoms with Crippen LogP contribution in [0.25, 0.3) is 10.8 Å². The number of nitrogens with zero attached hydrogens (tertiary/aromatic N) is 2. The number of ether oxygens (including phenoxy) is 1. The number of benzene rings is 1. The molecule has 0 N–H and O–H groups in total. The number of rotatable bonds is 3. The van der Waals surface area contributed by atoms with Crippen molar-refractivity contribution in [3.8, 4) is 0 Å². The van der Waals surface area contributed by atoms with E-state index in [4.69, 9.17) is 0 Å². The number of aromatic nitrogens is 1. The Balaban J connectivity index is 2.68. The predicted octanol–water partition coefficient (Wildman–Crippen LogP) is 2.13. The molecule has 0 saturated heterocycles. The van der Waals surface area contributed by atoms with Gasteiger partial charge in [0.25, 0.3) is 5.56 Å². The first-order valence-electron chi connectivity index (χ1n) is 5.65. The Morgan fingerprint density at radius 2 is 2.05 bits per heavy atom. The van der Waals surface area contributed by atoms with Crippen molar-refractivity contribution in [3.05, 3.63) is 45.7 Å². The van der Waals surface area contributed by atoms with Gasteiger partial charge in [0.05, 0.1) is 7.11 Å². The maximum Gasteiger partial charge on any atom is 0.328 e. The number of fused-ring (bicyclic) bond motifs is 1. The monoisotopic (exact) mass is 260 g/mol. The lowest BCUT2D eigenvalue weighted by Crippen LogP contribution is -2.28. The molecule has 1 heterocycles. The molecule has 0 aliphatic carbocycles. The van der Waals surface area contributed by atoms with E-state index >= 15 is 0 Å². The first-order chi connectivity index (χ1) is 9.10. The molecule has 0 bridgehead atoms.